The standard InChI is InChI=1S/C13H12N4/c1-17-13(14)15-12(16-17)11-8-4-6-9-5-2-3-7-10(9)11/h2-8H,1H3,(H2,14,15,16). The molecule has 0 unspecified atom stereocenters. The molecule has 0 fully saturated rings. The summed E-state index contributed by atoms with van der Waals surface area (Å²) in [6.45, 7) is 0. The molecule has 0 saturated carbocycles. The second-order valence-electron chi connectivity index (χ2n) is 3.94. The molecule has 0 aliphatic heterocycles. The van der Waals surface area contributed by atoms with Crippen molar-refractivity contribution >= 4 is 16.7 Å². The van der Waals surface area contributed by atoms with E-state index in [0.29, 0.717) is 11.8 Å². The molecule has 4 heteroatoms. The largest absolute Gasteiger partial charge is 0.368 e. The number of aromatic nitrogens is 3. The molecule has 3 aromatic rings. The molecule has 1 aromatic heterocycles. The highest BCUT2D eigenvalue weighted by Crippen LogP contribution is 2.26. The fraction of sp³-hybridized carbons (Fsp3) is 0.0769. The summed E-state index contributed by atoms with van der Waals surface area (Å²) < 4.78 is 1.58. The van der Waals surface area contributed by atoms with Crippen molar-refractivity contribution in [3.63, 3.8) is 0 Å². The Morgan fingerprint density at radius 2 is 1.82 bits per heavy atom. The van der Waals surface area contributed by atoms with E-state index in [1.807, 2.05) is 24.3 Å². The summed E-state index contributed by atoms with van der Waals surface area (Å²) in [6.07, 6.45) is 0. The normalized spacial score (nSPS) is 10.9. The molecule has 0 aliphatic carbocycles. The van der Waals surface area contributed by atoms with Gasteiger partial charge in [-0.2, -0.15) is 4.98 Å². The summed E-state index contributed by atoms with van der Waals surface area (Å²) in [4.78, 5) is 4.26. The molecule has 0 atom stereocenters. The van der Waals surface area contributed by atoms with Gasteiger partial charge < -0.3 is 5.73 Å². The van der Waals surface area contributed by atoms with Gasteiger partial charge in [0.15, 0.2) is 5.82 Å². The third-order valence-corrected chi connectivity index (χ3v) is 2.83. The third kappa shape index (κ3) is 1.54. The molecule has 4 nitrogen and oxygen atoms in total. The van der Waals surface area contributed by atoms with Gasteiger partial charge in [-0.3, -0.25) is 0 Å². The van der Waals surface area contributed by atoms with Crippen molar-refractivity contribution in [1.29, 1.82) is 0 Å². The van der Waals surface area contributed by atoms with Crippen molar-refractivity contribution in [2.24, 2.45) is 7.05 Å². The van der Waals surface area contributed by atoms with Gasteiger partial charge in [0.1, 0.15) is 0 Å². The minimum Gasteiger partial charge on any atom is -0.368 e. The zero-order valence-corrected chi connectivity index (χ0v) is 9.46. The summed E-state index contributed by atoms with van der Waals surface area (Å²) in [5.74, 6) is 1.09. The molecule has 84 valence electrons. The third-order valence-electron chi connectivity index (χ3n) is 2.83. The first-order valence-corrected chi connectivity index (χ1v) is 5.40. The van der Waals surface area contributed by atoms with Crippen LogP contribution in [0, 0.1) is 0 Å². The van der Waals surface area contributed by atoms with Gasteiger partial charge in [-0.05, 0) is 10.8 Å². The van der Waals surface area contributed by atoms with Crippen LogP contribution in [0.15, 0.2) is 42.5 Å². The minimum atomic E-state index is 0.424. The minimum absolute atomic E-state index is 0.424. The molecular formula is C13H12N4. The number of anilines is 1. The lowest BCUT2D eigenvalue weighted by Gasteiger charge is -2.01. The van der Waals surface area contributed by atoms with E-state index in [9.17, 15) is 0 Å². The number of nitrogen functional groups attached to an aromatic ring is 1. The maximum Gasteiger partial charge on any atom is 0.218 e. The summed E-state index contributed by atoms with van der Waals surface area (Å²) in [7, 11) is 1.79. The van der Waals surface area contributed by atoms with Crippen LogP contribution in [0.1, 0.15) is 0 Å². The van der Waals surface area contributed by atoms with Gasteiger partial charge in [0.2, 0.25) is 5.95 Å². The highest BCUT2D eigenvalue weighted by atomic mass is 15.4. The molecule has 17 heavy (non-hydrogen) atoms. The lowest BCUT2D eigenvalue weighted by atomic mass is 10.0. The van der Waals surface area contributed by atoms with Crippen LogP contribution < -0.4 is 5.73 Å². The zero-order chi connectivity index (χ0) is 11.8. The predicted molar refractivity (Wildman–Crippen MR) is 68.4 cm³/mol. The molecule has 1 heterocycles. The lowest BCUT2D eigenvalue weighted by molar-refractivity contribution is 0.781. The number of benzene rings is 2. The van der Waals surface area contributed by atoms with Crippen molar-refractivity contribution < 1.29 is 0 Å². The Bertz CT molecular complexity index is 660. The van der Waals surface area contributed by atoms with E-state index in [-0.39, 0.29) is 0 Å². The number of fused-ring (bicyclic) bond motifs is 1. The van der Waals surface area contributed by atoms with Crippen molar-refractivity contribution in [3.8, 4) is 11.4 Å². The second kappa shape index (κ2) is 3.59. The van der Waals surface area contributed by atoms with E-state index in [4.69, 9.17) is 5.73 Å². The summed E-state index contributed by atoms with van der Waals surface area (Å²) in [5, 5.41) is 6.63. The number of nitrogens with two attached hydrogens (primary N) is 1. The fourth-order valence-corrected chi connectivity index (χ4v) is 1.93. The van der Waals surface area contributed by atoms with Crippen molar-refractivity contribution in [3.05, 3.63) is 42.5 Å². The van der Waals surface area contributed by atoms with Crippen LogP contribution in [-0.2, 0) is 7.05 Å². The topological polar surface area (TPSA) is 56.7 Å². The lowest BCUT2D eigenvalue weighted by Crippen LogP contribution is -1.97. The number of rotatable bonds is 1. The first-order chi connectivity index (χ1) is 8.25. The van der Waals surface area contributed by atoms with Crippen LogP contribution in [0.5, 0.6) is 0 Å². The average Bonchev–Trinajstić information content (AvgIpc) is 2.69. The molecule has 0 saturated heterocycles. The molecule has 0 spiro atoms. The molecule has 0 amide bonds. The van der Waals surface area contributed by atoms with Gasteiger partial charge >= 0.3 is 0 Å². The van der Waals surface area contributed by atoms with E-state index in [1.165, 1.54) is 5.39 Å². The van der Waals surface area contributed by atoms with Crippen LogP contribution in [0.2, 0.25) is 0 Å². The molecule has 0 aliphatic rings. The summed E-state index contributed by atoms with van der Waals surface area (Å²) in [5.41, 5.74) is 6.72. The molecule has 0 radical (unpaired) electrons. The smallest absolute Gasteiger partial charge is 0.218 e. The monoisotopic (exact) mass is 224 g/mol. The van der Waals surface area contributed by atoms with Gasteiger partial charge in [-0.15, -0.1) is 5.10 Å². The molecule has 3 rings (SSSR count). The first-order valence-electron chi connectivity index (χ1n) is 5.40. The van der Waals surface area contributed by atoms with Gasteiger partial charge in [0.05, 0.1) is 0 Å². The van der Waals surface area contributed by atoms with E-state index in [2.05, 4.69) is 28.3 Å². The van der Waals surface area contributed by atoms with Gasteiger partial charge in [0, 0.05) is 12.6 Å². The molecular weight excluding hydrogens is 212 g/mol. The Labute approximate surface area is 98.7 Å². The summed E-state index contributed by atoms with van der Waals surface area (Å²) in [6, 6.07) is 14.3. The molecule has 2 N–H and O–H groups in total. The first kappa shape index (κ1) is 9.84. The Morgan fingerprint density at radius 1 is 1.06 bits per heavy atom. The predicted octanol–water partition coefficient (Wildman–Crippen LogP) is 2.22. The summed E-state index contributed by atoms with van der Waals surface area (Å²) >= 11 is 0. The van der Waals surface area contributed by atoms with Crippen LogP contribution in [0.4, 0.5) is 5.95 Å². The number of nitrogens with zero attached hydrogens (tertiary/aromatic N) is 3. The van der Waals surface area contributed by atoms with E-state index < -0.39 is 0 Å². The van der Waals surface area contributed by atoms with Crippen LogP contribution in [0.3, 0.4) is 0 Å². The van der Waals surface area contributed by atoms with Gasteiger partial charge in [0.25, 0.3) is 0 Å². The Kier molecular flexibility index (Phi) is 2.08. The van der Waals surface area contributed by atoms with Gasteiger partial charge in [-0.25, -0.2) is 4.68 Å². The van der Waals surface area contributed by atoms with Crippen LogP contribution in [-0.4, -0.2) is 14.8 Å². The van der Waals surface area contributed by atoms with Crippen LogP contribution in [0.25, 0.3) is 22.2 Å². The van der Waals surface area contributed by atoms with Crippen molar-refractivity contribution in [1.82, 2.24) is 14.8 Å². The average molecular weight is 224 g/mol. The Balaban J connectivity index is 2.30. The highest BCUT2D eigenvalue weighted by Gasteiger charge is 2.09. The fourth-order valence-electron chi connectivity index (χ4n) is 1.93. The van der Waals surface area contributed by atoms with Gasteiger partial charge in [-0.1, -0.05) is 42.5 Å². The molecule has 0 bridgehead atoms. The van der Waals surface area contributed by atoms with Crippen molar-refractivity contribution in [2.45, 2.75) is 0 Å². The Hall–Kier alpha value is -2.36. The van der Waals surface area contributed by atoms with Crippen molar-refractivity contribution in [2.75, 3.05) is 5.73 Å². The number of hydrogen-bond acceptors (Lipinski definition) is 3. The highest BCUT2D eigenvalue weighted by molar-refractivity contribution is 5.95. The number of aryl methyl sites for hydroxylation is 1. The van der Waals surface area contributed by atoms with E-state index in [1.54, 1.807) is 11.7 Å². The number of hydrogen-bond donors (Lipinski definition) is 1. The van der Waals surface area contributed by atoms with Crippen LogP contribution >= 0.6 is 0 Å². The SMILES string of the molecule is Cn1nc(-c2cccc3ccccc23)nc1N. The zero-order valence-electron chi connectivity index (χ0n) is 9.46. The molecule has 2 aromatic carbocycles. The maximum absolute atomic E-state index is 5.71. The maximum atomic E-state index is 5.71. The Morgan fingerprint density at radius 3 is 2.59 bits per heavy atom. The quantitative estimate of drug-likeness (QED) is 0.689. The van der Waals surface area contributed by atoms with E-state index in [0.717, 1.165) is 10.9 Å². The second-order valence-corrected chi connectivity index (χ2v) is 3.94. The van der Waals surface area contributed by atoms with E-state index >= 15 is 0 Å².